The first-order chi connectivity index (χ1) is 11.9. The van der Waals surface area contributed by atoms with Crippen molar-refractivity contribution >= 4 is 5.91 Å². The van der Waals surface area contributed by atoms with Crippen LogP contribution < -0.4 is 4.74 Å². The number of nitrogens with zero attached hydrogens (tertiary/aromatic N) is 3. The van der Waals surface area contributed by atoms with Gasteiger partial charge < -0.3 is 9.64 Å². The molecule has 1 fully saturated rings. The summed E-state index contributed by atoms with van der Waals surface area (Å²) in [6.07, 6.45) is -1.58. The van der Waals surface area contributed by atoms with Crippen LogP contribution in [0.15, 0.2) is 42.6 Å². The number of halogens is 3. The first-order valence-corrected chi connectivity index (χ1v) is 7.84. The van der Waals surface area contributed by atoms with Gasteiger partial charge in [-0.15, -0.1) is 5.10 Å². The third-order valence-corrected chi connectivity index (χ3v) is 3.96. The van der Waals surface area contributed by atoms with Gasteiger partial charge in [-0.1, -0.05) is 0 Å². The summed E-state index contributed by atoms with van der Waals surface area (Å²) in [6.45, 7) is 0.899. The van der Waals surface area contributed by atoms with E-state index in [9.17, 15) is 18.0 Å². The van der Waals surface area contributed by atoms with E-state index in [0.29, 0.717) is 19.0 Å². The maximum atomic E-state index is 12.6. The molecule has 2 heterocycles. The standard InChI is InChI=1S/C17H16F3N3O2/c18-17(19,20)13-7-5-12(6-8-13)16(24)23-10-2-3-14(11-23)25-15-4-1-9-21-22-15/h1,4-9,14H,2-3,10-11H2. The van der Waals surface area contributed by atoms with Gasteiger partial charge in [0.1, 0.15) is 6.10 Å². The first-order valence-electron chi connectivity index (χ1n) is 7.84. The van der Waals surface area contributed by atoms with E-state index >= 15 is 0 Å². The Morgan fingerprint density at radius 2 is 1.96 bits per heavy atom. The molecule has 1 aliphatic heterocycles. The molecular weight excluding hydrogens is 335 g/mol. The Kier molecular flexibility index (Phi) is 4.87. The SMILES string of the molecule is O=C(c1ccc(C(F)(F)F)cc1)N1CCCC(Oc2cccnn2)C1. The highest BCUT2D eigenvalue weighted by molar-refractivity contribution is 5.94. The lowest BCUT2D eigenvalue weighted by Gasteiger charge is -2.32. The third-order valence-electron chi connectivity index (χ3n) is 3.96. The molecule has 1 aromatic heterocycles. The maximum absolute atomic E-state index is 12.6. The zero-order chi connectivity index (χ0) is 17.9. The van der Waals surface area contributed by atoms with Crippen LogP contribution in [0.1, 0.15) is 28.8 Å². The van der Waals surface area contributed by atoms with Gasteiger partial charge in [-0.25, -0.2) is 0 Å². The number of hydrogen-bond donors (Lipinski definition) is 0. The average molecular weight is 351 g/mol. The van der Waals surface area contributed by atoms with E-state index in [0.717, 1.165) is 25.0 Å². The van der Waals surface area contributed by atoms with Gasteiger partial charge in [-0.3, -0.25) is 4.79 Å². The van der Waals surface area contributed by atoms with E-state index in [-0.39, 0.29) is 17.6 Å². The molecule has 0 aliphatic carbocycles. The second-order valence-electron chi connectivity index (χ2n) is 5.77. The fraction of sp³-hybridized carbons (Fsp3) is 0.353. The maximum Gasteiger partial charge on any atom is 0.416 e. The lowest BCUT2D eigenvalue weighted by Crippen LogP contribution is -2.44. The molecule has 2 aromatic rings. The van der Waals surface area contributed by atoms with Crippen LogP contribution in [0.25, 0.3) is 0 Å². The number of rotatable bonds is 3. The zero-order valence-corrected chi connectivity index (χ0v) is 13.2. The largest absolute Gasteiger partial charge is 0.471 e. The molecule has 0 bridgehead atoms. The Labute approximate surface area is 142 Å². The summed E-state index contributed by atoms with van der Waals surface area (Å²) in [4.78, 5) is 14.1. The first kappa shape index (κ1) is 17.2. The number of carbonyl (C=O) groups is 1. The van der Waals surface area contributed by atoms with Gasteiger partial charge in [0.15, 0.2) is 0 Å². The lowest BCUT2D eigenvalue weighted by molar-refractivity contribution is -0.137. The van der Waals surface area contributed by atoms with Gasteiger partial charge in [0.2, 0.25) is 5.88 Å². The summed E-state index contributed by atoms with van der Waals surface area (Å²) in [6, 6.07) is 7.64. The number of ether oxygens (including phenoxy) is 1. The Hall–Kier alpha value is -2.64. The van der Waals surface area contributed by atoms with Crippen LogP contribution in [0.3, 0.4) is 0 Å². The summed E-state index contributed by atoms with van der Waals surface area (Å²) in [5.74, 6) is 0.0810. The Bertz CT molecular complexity index is 720. The van der Waals surface area contributed by atoms with E-state index in [4.69, 9.17) is 4.74 Å². The van der Waals surface area contributed by atoms with E-state index in [1.807, 2.05) is 0 Å². The van der Waals surface area contributed by atoms with Gasteiger partial charge in [-0.05, 0) is 43.2 Å². The fourth-order valence-electron chi connectivity index (χ4n) is 2.72. The summed E-state index contributed by atoms with van der Waals surface area (Å²) < 4.78 is 43.6. The third kappa shape index (κ3) is 4.26. The van der Waals surface area contributed by atoms with Crippen molar-refractivity contribution in [3.63, 3.8) is 0 Å². The van der Waals surface area contributed by atoms with Crippen LogP contribution in [0, 0.1) is 0 Å². The number of aromatic nitrogens is 2. The van der Waals surface area contributed by atoms with Crippen LogP contribution in [0.4, 0.5) is 13.2 Å². The molecule has 0 radical (unpaired) electrons. The van der Waals surface area contributed by atoms with Crippen molar-refractivity contribution in [3.05, 3.63) is 53.7 Å². The zero-order valence-electron chi connectivity index (χ0n) is 13.2. The molecule has 132 valence electrons. The van der Waals surface area contributed by atoms with Crippen LogP contribution in [-0.2, 0) is 6.18 Å². The predicted octanol–water partition coefficient (Wildman–Crippen LogP) is 3.18. The monoisotopic (exact) mass is 351 g/mol. The highest BCUT2D eigenvalue weighted by atomic mass is 19.4. The van der Waals surface area contributed by atoms with E-state index in [2.05, 4.69) is 10.2 Å². The van der Waals surface area contributed by atoms with Gasteiger partial charge in [0.25, 0.3) is 5.91 Å². The van der Waals surface area contributed by atoms with Crippen LogP contribution in [0.2, 0.25) is 0 Å². The number of carbonyl (C=O) groups excluding carboxylic acids is 1. The molecule has 0 N–H and O–H groups in total. The molecule has 1 amide bonds. The van der Waals surface area contributed by atoms with Crippen molar-refractivity contribution in [1.82, 2.24) is 15.1 Å². The predicted molar refractivity (Wildman–Crippen MR) is 83.0 cm³/mol. The molecule has 0 spiro atoms. The number of benzene rings is 1. The number of likely N-dealkylation sites (tertiary alicyclic amines) is 1. The summed E-state index contributed by atoms with van der Waals surface area (Å²) >= 11 is 0. The van der Waals surface area contributed by atoms with Crippen molar-refractivity contribution in [2.45, 2.75) is 25.1 Å². The van der Waals surface area contributed by atoms with Crippen molar-refractivity contribution in [2.75, 3.05) is 13.1 Å². The number of amides is 1. The molecule has 0 saturated carbocycles. The molecule has 1 aliphatic rings. The van der Waals surface area contributed by atoms with Crippen LogP contribution in [0.5, 0.6) is 5.88 Å². The highest BCUT2D eigenvalue weighted by Crippen LogP contribution is 2.29. The number of piperidine rings is 1. The Balaban J connectivity index is 1.65. The minimum atomic E-state index is -4.41. The molecule has 3 rings (SSSR count). The summed E-state index contributed by atoms with van der Waals surface area (Å²) in [7, 11) is 0. The normalized spacial score (nSPS) is 18.0. The van der Waals surface area contributed by atoms with Gasteiger partial charge in [-0.2, -0.15) is 18.3 Å². The smallest absolute Gasteiger partial charge is 0.416 e. The molecule has 1 saturated heterocycles. The number of hydrogen-bond acceptors (Lipinski definition) is 4. The van der Waals surface area contributed by atoms with Gasteiger partial charge in [0, 0.05) is 24.4 Å². The highest BCUT2D eigenvalue weighted by Gasteiger charge is 2.31. The molecular formula is C17H16F3N3O2. The van der Waals surface area contributed by atoms with Gasteiger partial charge in [0.05, 0.1) is 12.1 Å². The van der Waals surface area contributed by atoms with Crippen molar-refractivity contribution in [1.29, 1.82) is 0 Å². The van der Waals surface area contributed by atoms with Crippen molar-refractivity contribution in [2.24, 2.45) is 0 Å². The quantitative estimate of drug-likeness (QED) is 0.852. The van der Waals surface area contributed by atoms with Crippen LogP contribution >= 0.6 is 0 Å². The molecule has 1 aromatic carbocycles. The lowest BCUT2D eigenvalue weighted by atomic mass is 10.1. The summed E-state index contributed by atoms with van der Waals surface area (Å²) in [5, 5.41) is 7.58. The molecule has 5 nitrogen and oxygen atoms in total. The second-order valence-corrected chi connectivity index (χ2v) is 5.77. The van der Waals surface area contributed by atoms with Crippen molar-refractivity contribution in [3.8, 4) is 5.88 Å². The fourth-order valence-corrected chi connectivity index (χ4v) is 2.72. The van der Waals surface area contributed by atoms with Gasteiger partial charge >= 0.3 is 6.18 Å². The molecule has 1 atom stereocenters. The molecule has 25 heavy (non-hydrogen) atoms. The average Bonchev–Trinajstić information content (AvgIpc) is 2.61. The summed E-state index contributed by atoms with van der Waals surface area (Å²) in [5.41, 5.74) is -0.542. The topological polar surface area (TPSA) is 55.3 Å². The number of alkyl halides is 3. The van der Waals surface area contributed by atoms with Crippen LogP contribution in [-0.4, -0.2) is 40.2 Å². The molecule has 8 heteroatoms. The second kappa shape index (κ2) is 7.08. The van der Waals surface area contributed by atoms with Crippen molar-refractivity contribution < 1.29 is 22.7 Å². The minimum Gasteiger partial charge on any atom is -0.471 e. The Morgan fingerprint density at radius 1 is 1.20 bits per heavy atom. The van der Waals surface area contributed by atoms with E-state index < -0.39 is 11.7 Å². The van der Waals surface area contributed by atoms with E-state index in [1.54, 1.807) is 17.0 Å². The molecule has 1 unspecified atom stereocenters. The Morgan fingerprint density at radius 3 is 2.60 bits per heavy atom. The van der Waals surface area contributed by atoms with E-state index in [1.165, 1.54) is 18.3 Å². The minimum absolute atomic E-state index is 0.219.